The van der Waals surface area contributed by atoms with Crippen LogP contribution in [0.1, 0.15) is 36.6 Å². The molecule has 2 heterocycles. The van der Waals surface area contributed by atoms with Crippen LogP contribution in [0.15, 0.2) is 48.5 Å². The lowest BCUT2D eigenvalue weighted by molar-refractivity contribution is -0.272. The van der Waals surface area contributed by atoms with Gasteiger partial charge in [0.2, 0.25) is 0 Å². The first-order valence-electron chi connectivity index (χ1n) is 12.3. The SMILES string of the molecule is CCCCOOC(=O)Cc1c(C)cc2nc(-c3ccc4c(C)nn(C)c4c3)sc2c1-c1ccc(Cl)cc1. The fraction of sp³-hybridized carbons (Fsp3) is 0.276. The number of aryl methyl sites for hydroxylation is 3. The second kappa shape index (κ2) is 10.6. The van der Waals surface area contributed by atoms with Crippen LogP contribution < -0.4 is 0 Å². The van der Waals surface area contributed by atoms with Crippen molar-refractivity contribution in [2.45, 2.75) is 40.0 Å². The van der Waals surface area contributed by atoms with Crippen molar-refractivity contribution in [3.63, 3.8) is 0 Å². The molecule has 0 amide bonds. The van der Waals surface area contributed by atoms with Gasteiger partial charge in [0, 0.05) is 28.6 Å². The van der Waals surface area contributed by atoms with Gasteiger partial charge < -0.3 is 0 Å². The van der Waals surface area contributed by atoms with E-state index in [9.17, 15) is 4.79 Å². The lowest BCUT2D eigenvalue weighted by Crippen LogP contribution is -2.11. The zero-order chi connectivity index (χ0) is 26.1. The van der Waals surface area contributed by atoms with Crippen LogP contribution in [0.4, 0.5) is 0 Å². The van der Waals surface area contributed by atoms with Gasteiger partial charge in [-0.15, -0.1) is 11.3 Å². The lowest BCUT2D eigenvalue weighted by atomic mass is 9.93. The highest BCUT2D eigenvalue weighted by molar-refractivity contribution is 7.22. The minimum Gasteiger partial charge on any atom is -0.298 e. The highest BCUT2D eigenvalue weighted by Gasteiger charge is 2.21. The van der Waals surface area contributed by atoms with Crippen LogP contribution in [-0.2, 0) is 28.0 Å². The Morgan fingerprint density at radius 3 is 2.59 bits per heavy atom. The van der Waals surface area contributed by atoms with E-state index in [1.54, 1.807) is 11.3 Å². The average molecular weight is 534 g/mol. The maximum atomic E-state index is 12.7. The third kappa shape index (κ3) is 5.12. The molecule has 3 aromatic carbocycles. The highest BCUT2D eigenvalue weighted by atomic mass is 35.5. The van der Waals surface area contributed by atoms with Crippen molar-refractivity contribution in [1.82, 2.24) is 14.8 Å². The van der Waals surface area contributed by atoms with E-state index < -0.39 is 5.97 Å². The molecule has 37 heavy (non-hydrogen) atoms. The van der Waals surface area contributed by atoms with Crippen molar-refractivity contribution in [3.05, 3.63) is 70.4 Å². The number of rotatable bonds is 8. The van der Waals surface area contributed by atoms with E-state index in [-0.39, 0.29) is 6.42 Å². The van der Waals surface area contributed by atoms with Crippen molar-refractivity contribution in [1.29, 1.82) is 0 Å². The van der Waals surface area contributed by atoms with Crippen LogP contribution in [0.25, 0.3) is 42.8 Å². The molecule has 0 spiro atoms. The number of unbranched alkanes of at least 4 members (excludes halogenated alkanes) is 1. The zero-order valence-corrected chi connectivity index (χ0v) is 22.9. The topological polar surface area (TPSA) is 66.2 Å². The van der Waals surface area contributed by atoms with E-state index in [1.807, 2.05) is 55.9 Å². The minimum atomic E-state index is -0.421. The van der Waals surface area contributed by atoms with Crippen molar-refractivity contribution >= 4 is 50.0 Å². The summed E-state index contributed by atoms with van der Waals surface area (Å²) in [5.41, 5.74) is 7.80. The van der Waals surface area contributed by atoms with E-state index in [0.29, 0.717) is 11.6 Å². The van der Waals surface area contributed by atoms with Crippen molar-refractivity contribution < 1.29 is 14.6 Å². The average Bonchev–Trinajstić information content (AvgIpc) is 3.43. The van der Waals surface area contributed by atoms with Gasteiger partial charge >= 0.3 is 5.97 Å². The number of fused-ring (bicyclic) bond motifs is 2. The van der Waals surface area contributed by atoms with Crippen molar-refractivity contribution in [2.24, 2.45) is 7.05 Å². The van der Waals surface area contributed by atoms with Crippen LogP contribution in [0.2, 0.25) is 5.02 Å². The molecule has 0 N–H and O–H groups in total. The summed E-state index contributed by atoms with van der Waals surface area (Å²) in [6, 6.07) is 16.1. The zero-order valence-electron chi connectivity index (χ0n) is 21.3. The summed E-state index contributed by atoms with van der Waals surface area (Å²) in [6.07, 6.45) is 1.90. The first-order valence-corrected chi connectivity index (χ1v) is 13.5. The Morgan fingerprint density at radius 1 is 1.08 bits per heavy atom. The van der Waals surface area contributed by atoms with Crippen LogP contribution in [0.3, 0.4) is 0 Å². The Labute approximate surface area is 224 Å². The molecule has 0 aliphatic rings. The van der Waals surface area contributed by atoms with Gasteiger partial charge in [0.05, 0.1) is 34.5 Å². The van der Waals surface area contributed by atoms with E-state index in [0.717, 1.165) is 72.5 Å². The van der Waals surface area contributed by atoms with E-state index in [1.165, 1.54) is 0 Å². The fourth-order valence-electron chi connectivity index (χ4n) is 4.56. The quantitative estimate of drug-likeness (QED) is 0.117. The Morgan fingerprint density at radius 2 is 1.84 bits per heavy atom. The van der Waals surface area contributed by atoms with Crippen molar-refractivity contribution in [2.75, 3.05) is 6.61 Å². The third-order valence-corrected chi connectivity index (χ3v) is 7.87. The number of hydrogen-bond donors (Lipinski definition) is 0. The van der Waals surface area contributed by atoms with E-state index in [4.69, 9.17) is 26.4 Å². The molecular formula is C29H28ClN3O3S. The molecule has 0 saturated heterocycles. The maximum absolute atomic E-state index is 12.7. The summed E-state index contributed by atoms with van der Waals surface area (Å²) in [6.45, 7) is 6.47. The molecule has 0 bridgehead atoms. The summed E-state index contributed by atoms with van der Waals surface area (Å²) in [5, 5.41) is 7.24. The van der Waals surface area contributed by atoms with Crippen molar-refractivity contribution in [3.8, 4) is 21.7 Å². The molecule has 0 aliphatic heterocycles. The van der Waals surface area contributed by atoms with Crippen LogP contribution >= 0.6 is 22.9 Å². The Balaban J connectivity index is 1.61. The van der Waals surface area contributed by atoms with Gasteiger partial charge in [0.25, 0.3) is 0 Å². The molecule has 0 fully saturated rings. The molecular weight excluding hydrogens is 506 g/mol. The van der Waals surface area contributed by atoms with E-state index >= 15 is 0 Å². The number of halogens is 1. The highest BCUT2D eigenvalue weighted by Crippen LogP contribution is 2.41. The van der Waals surface area contributed by atoms with Gasteiger partial charge in [-0.25, -0.2) is 9.78 Å². The van der Waals surface area contributed by atoms with E-state index in [2.05, 4.69) is 30.2 Å². The summed E-state index contributed by atoms with van der Waals surface area (Å²) in [5.74, 6) is -0.421. The fourth-order valence-corrected chi connectivity index (χ4v) is 5.82. The predicted octanol–water partition coefficient (Wildman–Crippen LogP) is 7.60. The Bertz CT molecular complexity index is 1610. The number of nitrogens with zero attached hydrogens (tertiary/aromatic N) is 3. The molecule has 0 radical (unpaired) electrons. The normalized spacial score (nSPS) is 11.5. The standard InChI is InChI=1S/C29H28ClN3O3S/c1-5-6-13-35-36-26(34)16-23-17(2)14-24-28(27(23)19-7-10-21(30)11-8-19)37-29(31-24)20-9-12-22-18(3)32-33(4)25(22)15-20/h7-12,14-15H,5-6,13,16H2,1-4H3. The Hall–Kier alpha value is -3.26. The number of carbonyl (C=O) groups excluding carboxylic acids is 1. The van der Waals surface area contributed by atoms with Gasteiger partial charge in [-0.05, 0) is 61.2 Å². The van der Waals surface area contributed by atoms with Gasteiger partial charge in [-0.1, -0.05) is 49.2 Å². The van der Waals surface area contributed by atoms with Gasteiger partial charge in [-0.3, -0.25) is 9.57 Å². The summed E-state index contributed by atoms with van der Waals surface area (Å²) in [4.78, 5) is 27.9. The van der Waals surface area contributed by atoms with Crippen LogP contribution in [0, 0.1) is 13.8 Å². The number of aromatic nitrogens is 3. The predicted molar refractivity (Wildman–Crippen MR) is 150 cm³/mol. The van der Waals surface area contributed by atoms with Gasteiger partial charge in [0.15, 0.2) is 0 Å². The first kappa shape index (κ1) is 25.4. The van der Waals surface area contributed by atoms with Gasteiger partial charge in [-0.2, -0.15) is 9.99 Å². The monoisotopic (exact) mass is 533 g/mol. The molecule has 2 aromatic heterocycles. The molecule has 0 aliphatic carbocycles. The number of carbonyl (C=O) groups is 1. The maximum Gasteiger partial charge on any atom is 0.346 e. The smallest absolute Gasteiger partial charge is 0.298 e. The molecule has 0 atom stereocenters. The number of benzene rings is 3. The molecule has 5 aromatic rings. The van der Waals surface area contributed by atoms with Gasteiger partial charge in [0.1, 0.15) is 5.01 Å². The molecule has 0 unspecified atom stereocenters. The summed E-state index contributed by atoms with van der Waals surface area (Å²) < 4.78 is 2.91. The lowest BCUT2D eigenvalue weighted by Gasteiger charge is -2.14. The molecule has 0 saturated carbocycles. The summed E-state index contributed by atoms with van der Waals surface area (Å²) in [7, 11) is 1.96. The summed E-state index contributed by atoms with van der Waals surface area (Å²) >= 11 is 7.81. The molecule has 8 heteroatoms. The second-order valence-corrected chi connectivity index (χ2v) is 10.6. The van der Waals surface area contributed by atoms with Crippen LogP contribution in [-0.4, -0.2) is 27.3 Å². The number of thiazole rings is 1. The molecule has 6 nitrogen and oxygen atoms in total. The third-order valence-electron chi connectivity index (χ3n) is 6.48. The molecule has 5 rings (SSSR count). The number of hydrogen-bond acceptors (Lipinski definition) is 6. The largest absolute Gasteiger partial charge is 0.346 e. The second-order valence-electron chi connectivity index (χ2n) is 9.17. The minimum absolute atomic E-state index is 0.0966. The van der Waals surface area contributed by atoms with Crippen LogP contribution in [0.5, 0.6) is 0 Å². The first-order chi connectivity index (χ1) is 17.9. The Kier molecular flexibility index (Phi) is 7.29. The molecule has 190 valence electrons.